The summed E-state index contributed by atoms with van der Waals surface area (Å²) in [6.07, 6.45) is 0.725. The van der Waals surface area contributed by atoms with Crippen molar-refractivity contribution < 1.29 is 19.1 Å². The van der Waals surface area contributed by atoms with Crippen LogP contribution in [0.5, 0.6) is 5.75 Å². The highest BCUT2D eigenvalue weighted by molar-refractivity contribution is 5.93. The lowest BCUT2D eigenvalue weighted by Crippen LogP contribution is -2.40. The van der Waals surface area contributed by atoms with Crippen LogP contribution >= 0.6 is 0 Å². The molecule has 33 heavy (non-hydrogen) atoms. The zero-order chi connectivity index (χ0) is 23.0. The predicted molar refractivity (Wildman–Crippen MR) is 123 cm³/mol. The van der Waals surface area contributed by atoms with Gasteiger partial charge in [0.05, 0.1) is 24.3 Å². The van der Waals surface area contributed by atoms with E-state index in [4.69, 9.17) is 14.7 Å². The van der Waals surface area contributed by atoms with Gasteiger partial charge in [-0.15, -0.1) is 0 Å². The van der Waals surface area contributed by atoms with E-state index < -0.39 is 6.09 Å². The predicted octanol–water partition coefficient (Wildman–Crippen LogP) is 4.97. The Morgan fingerprint density at radius 1 is 1.00 bits per heavy atom. The van der Waals surface area contributed by atoms with Crippen molar-refractivity contribution in [1.82, 2.24) is 4.90 Å². The molecular weight excluding hydrogens is 416 g/mol. The summed E-state index contributed by atoms with van der Waals surface area (Å²) in [6.45, 7) is 0.593. The number of ether oxygens (including phenoxy) is 2. The highest BCUT2D eigenvalue weighted by atomic mass is 16.6. The molecule has 1 unspecified atom stereocenters. The molecule has 4 rings (SSSR count). The molecule has 0 radical (unpaired) electrons. The minimum Gasteiger partial charge on any atom is -0.494 e. The number of imide groups is 1. The maximum Gasteiger partial charge on any atom is 0.416 e. The number of carbonyl (C=O) groups is 2. The Labute approximate surface area is 193 Å². The zero-order valence-corrected chi connectivity index (χ0v) is 18.1. The van der Waals surface area contributed by atoms with Crippen molar-refractivity contribution in [3.8, 4) is 22.9 Å². The Bertz CT molecular complexity index is 1140. The summed E-state index contributed by atoms with van der Waals surface area (Å²) < 4.78 is 10.9. The summed E-state index contributed by atoms with van der Waals surface area (Å²) in [5.41, 5.74) is 3.74. The van der Waals surface area contributed by atoms with E-state index in [1.807, 2.05) is 66.7 Å². The first kappa shape index (κ1) is 22.1. The SMILES string of the molecule is N#Cc1ccc(-c2ccc(OCCCC(=O)N3C(=O)OCC3Cc3ccccc3)cc2)cc1. The molecule has 3 aromatic carbocycles. The van der Waals surface area contributed by atoms with Gasteiger partial charge in [0.1, 0.15) is 12.4 Å². The molecule has 0 aliphatic carbocycles. The summed E-state index contributed by atoms with van der Waals surface area (Å²) in [6, 6.07) is 26.7. The molecule has 0 saturated carbocycles. The number of benzene rings is 3. The lowest BCUT2D eigenvalue weighted by Gasteiger charge is -2.19. The first-order valence-electron chi connectivity index (χ1n) is 10.9. The van der Waals surface area contributed by atoms with Gasteiger partial charge in [-0.05, 0) is 53.8 Å². The lowest BCUT2D eigenvalue weighted by molar-refractivity contribution is -0.129. The average Bonchev–Trinajstić information content (AvgIpc) is 3.22. The second-order valence-corrected chi connectivity index (χ2v) is 7.85. The van der Waals surface area contributed by atoms with Gasteiger partial charge in [-0.2, -0.15) is 5.26 Å². The third-order valence-corrected chi connectivity index (χ3v) is 5.55. The molecule has 1 aliphatic rings. The van der Waals surface area contributed by atoms with E-state index in [1.165, 1.54) is 4.90 Å². The number of nitriles is 1. The van der Waals surface area contributed by atoms with E-state index in [2.05, 4.69) is 6.07 Å². The topological polar surface area (TPSA) is 79.6 Å². The Balaban J connectivity index is 1.25. The maximum atomic E-state index is 12.7. The second kappa shape index (κ2) is 10.5. The summed E-state index contributed by atoms with van der Waals surface area (Å²) in [5.74, 6) is 0.473. The first-order valence-corrected chi connectivity index (χ1v) is 10.9. The standard InChI is InChI=1S/C27H24N2O4/c28-18-21-8-10-22(11-9-21)23-12-14-25(15-13-23)32-16-4-7-26(30)29-24(19-33-27(29)31)17-20-5-2-1-3-6-20/h1-3,5-6,8-15,24H,4,7,16-17,19H2. The van der Waals surface area contributed by atoms with Gasteiger partial charge in [-0.25, -0.2) is 9.69 Å². The van der Waals surface area contributed by atoms with Gasteiger partial charge >= 0.3 is 6.09 Å². The van der Waals surface area contributed by atoms with Crippen molar-refractivity contribution in [3.05, 3.63) is 90.0 Å². The Morgan fingerprint density at radius 3 is 2.33 bits per heavy atom. The van der Waals surface area contributed by atoms with Crippen LogP contribution in [0.4, 0.5) is 4.79 Å². The van der Waals surface area contributed by atoms with Crippen molar-refractivity contribution in [2.75, 3.05) is 13.2 Å². The van der Waals surface area contributed by atoms with Crippen LogP contribution in [-0.4, -0.2) is 36.2 Å². The lowest BCUT2D eigenvalue weighted by atomic mass is 10.0. The van der Waals surface area contributed by atoms with E-state index in [0.29, 0.717) is 30.8 Å². The molecule has 6 nitrogen and oxygen atoms in total. The molecule has 3 aromatic rings. The number of cyclic esters (lactones) is 1. The number of carbonyl (C=O) groups excluding carboxylic acids is 2. The Hall–Kier alpha value is -4.11. The molecule has 0 N–H and O–H groups in total. The van der Waals surface area contributed by atoms with Crippen LogP contribution < -0.4 is 4.74 Å². The Morgan fingerprint density at radius 2 is 1.67 bits per heavy atom. The van der Waals surface area contributed by atoms with Crippen molar-refractivity contribution in [2.24, 2.45) is 0 Å². The monoisotopic (exact) mass is 440 g/mol. The molecule has 0 aromatic heterocycles. The van der Waals surface area contributed by atoms with E-state index >= 15 is 0 Å². The Kier molecular flexibility index (Phi) is 7.01. The van der Waals surface area contributed by atoms with Crippen LogP contribution in [0.1, 0.15) is 24.0 Å². The minimum atomic E-state index is -0.569. The van der Waals surface area contributed by atoms with Crippen LogP contribution in [0.3, 0.4) is 0 Å². The molecule has 1 aliphatic heterocycles. The van der Waals surface area contributed by atoms with Gasteiger partial charge < -0.3 is 9.47 Å². The summed E-state index contributed by atoms with van der Waals surface area (Å²) in [5, 5.41) is 8.91. The van der Waals surface area contributed by atoms with Gasteiger partial charge in [0.15, 0.2) is 0 Å². The normalized spacial score (nSPS) is 15.1. The van der Waals surface area contributed by atoms with E-state index in [1.54, 1.807) is 12.1 Å². The van der Waals surface area contributed by atoms with Crippen molar-refractivity contribution in [2.45, 2.75) is 25.3 Å². The van der Waals surface area contributed by atoms with Gasteiger partial charge in [0, 0.05) is 6.42 Å². The molecule has 1 saturated heterocycles. The molecule has 1 heterocycles. The number of hydrogen-bond donors (Lipinski definition) is 0. The van der Waals surface area contributed by atoms with Crippen LogP contribution in [0, 0.1) is 11.3 Å². The largest absolute Gasteiger partial charge is 0.494 e. The molecule has 166 valence electrons. The molecular formula is C27H24N2O4. The van der Waals surface area contributed by atoms with E-state index in [-0.39, 0.29) is 25.0 Å². The number of amides is 2. The van der Waals surface area contributed by atoms with Crippen LogP contribution in [-0.2, 0) is 16.0 Å². The van der Waals surface area contributed by atoms with Crippen LogP contribution in [0.25, 0.3) is 11.1 Å². The summed E-state index contributed by atoms with van der Waals surface area (Å²) in [7, 11) is 0. The summed E-state index contributed by atoms with van der Waals surface area (Å²) >= 11 is 0. The number of rotatable bonds is 8. The third-order valence-electron chi connectivity index (χ3n) is 5.55. The highest BCUT2D eigenvalue weighted by Gasteiger charge is 2.37. The zero-order valence-electron chi connectivity index (χ0n) is 18.1. The molecule has 1 atom stereocenters. The fourth-order valence-corrected chi connectivity index (χ4v) is 3.82. The van der Waals surface area contributed by atoms with Crippen molar-refractivity contribution in [3.63, 3.8) is 0 Å². The molecule has 0 bridgehead atoms. The fourth-order valence-electron chi connectivity index (χ4n) is 3.82. The quantitative estimate of drug-likeness (QED) is 0.462. The van der Waals surface area contributed by atoms with Gasteiger partial charge in [-0.1, -0.05) is 54.6 Å². The van der Waals surface area contributed by atoms with E-state index in [9.17, 15) is 9.59 Å². The summed E-state index contributed by atoms with van der Waals surface area (Å²) in [4.78, 5) is 26.0. The number of hydrogen-bond acceptors (Lipinski definition) is 5. The third kappa shape index (κ3) is 5.58. The minimum absolute atomic E-state index is 0.212. The average molecular weight is 440 g/mol. The highest BCUT2D eigenvalue weighted by Crippen LogP contribution is 2.23. The second-order valence-electron chi connectivity index (χ2n) is 7.85. The van der Waals surface area contributed by atoms with Crippen LogP contribution in [0.2, 0.25) is 0 Å². The van der Waals surface area contributed by atoms with Crippen molar-refractivity contribution >= 4 is 12.0 Å². The van der Waals surface area contributed by atoms with Crippen molar-refractivity contribution in [1.29, 1.82) is 5.26 Å². The van der Waals surface area contributed by atoms with Gasteiger partial charge in [-0.3, -0.25) is 4.79 Å². The molecule has 6 heteroatoms. The maximum absolute atomic E-state index is 12.7. The smallest absolute Gasteiger partial charge is 0.416 e. The molecule has 1 fully saturated rings. The first-order chi connectivity index (χ1) is 16.1. The van der Waals surface area contributed by atoms with Gasteiger partial charge in [0.2, 0.25) is 5.91 Å². The fraction of sp³-hybridized carbons (Fsp3) is 0.222. The molecule has 2 amide bonds. The van der Waals surface area contributed by atoms with Crippen LogP contribution in [0.15, 0.2) is 78.9 Å². The van der Waals surface area contributed by atoms with E-state index in [0.717, 1.165) is 16.7 Å². The number of nitrogens with zero attached hydrogens (tertiary/aromatic N) is 2. The molecule has 0 spiro atoms. The van der Waals surface area contributed by atoms with Gasteiger partial charge in [0.25, 0.3) is 0 Å².